The lowest BCUT2D eigenvalue weighted by Gasteiger charge is -2.32. The molecule has 0 atom stereocenters. The first-order chi connectivity index (χ1) is 12.0. The van der Waals surface area contributed by atoms with Crippen LogP contribution in [0.4, 0.5) is 0 Å². The molecule has 130 valence electrons. The molecule has 2 aromatic rings. The monoisotopic (exact) mass is 340 g/mol. The van der Waals surface area contributed by atoms with Crippen LogP contribution in [-0.2, 0) is 4.79 Å². The number of piperazine rings is 1. The number of amides is 2. The first-order valence-corrected chi connectivity index (χ1v) is 8.15. The Kier molecular flexibility index (Phi) is 4.65. The van der Waals surface area contributed by atoms with E-state index in [1.807, 2.05) is 32.0 Å². The number of aromatic nitrogens is 2. The Morgan fingerprint density at radius 3 is 2.52 bits per heavy atom. The van der Waals surface area contributed by atoms with Crippen molar-refractivity contribution in [3.05, 3.63) is 51.6 Å². The van der Waals surface area contributed by atoms with Crippen molar-refractivity contribution in [3.63, 3.8) is 0 Å². The smallest absolute Gasteiger partial charge is 0.342 e. The Morgan fingerprint density at radius 2 is 1.88 bits per heavy atom. The van der Waals surface area contributed by atoms with Gasteiger partial charge in [-0.05, 0) is 25.5 Å². The number of rotatable bonds is 3. The zero-order valence-corrected chi connectivity index (χ0v) is 14.3. The fourth-order valence-corrected chi connectivity index (χ4v) is 3.01. The average molecular weight is 340 g/mol. The Hall–Kier alpha value is -2.96. The van der Waals surface area contributed by atoms with Crippen LogP contribution in [-0.4, -0.2) is 58.3 Å². The lowest BCUT2D eigenvalue weighted by Crippen LogP contribution is -2.48. The number of hydrogen-bond acceptors (Lipinski definition) is 4. The van der Waals surface area contributed by atoms with Crippen molar-refractivity contribution in [2.45, 2.75) is 13.8 Å². The fraction of sp³-hybridized carbons (Fsp3) is 0.333. The van der Waals surface area contributed by atoms with Gasteiger partial charge in [0, 0.05) is 31.7 Å². The summed E-state index contributed by atoms with van der Waals surface area (Å²) in [6.45, 7) is 5.83. The van der Waals surface area contributed by atoms with Crippen LogP contribution in [0.25, 0.3) is 11.3 Å². The van der Waals surface area contributed by atoms with Crippen LogP contribution in [0.1, 0.15) is 21.6 Å². The number of hydrogen-bond donors (Lipinski definition) is 1. The summed E-state index contributed by atoms with van der Waals surface area (Å²) < 4.78 is 0. The summed E-state index contributed by atoms with van der Waals surface area (Å²) in [6, 6.07) is 7.49. The summed E-state index contributed by atoms with van der Waals surface area (Å²) >= 11 is 0. The lowest BCUT2D eigenvalue weighted by atomic mass is 10.0. The molecule has 0 spiro atoms. The van der Waals surface area contributed by atoms with Crippen LogP contribution in [0.5, 0.6) is 0 Å². The minimum Gasteiger partial charge on any atom is -0.342 e. The largest absolute Gasteiger partial charge is 0.346 e. The highest BCUT2D eigenvalue weighted by molar-refractivity contribution is 5.93. The third-order valence-corrected chi connectivity index (χ3v) is 4.38. The minimum atomic E-state index is -0.549. The third kappa shape index (κ3) is 3.60. The summed E-state index contributed by atoms with van der Waals surface area (Å²) in [7, 11) is 0. The van der Waals surface area contributed by atoms with E-state index in [1.54, 1.807) is 15.9 Å². The molecule has 1 aromatic heterocycles. The van der Waals surface area contributed by atoms with Crippen LogP contribution >= 0.6 is 0 Å². The second-order valence-electron chi connectivity index (χ2n) is 6.24. The number of benzene rings is 1. The summed E-state index contributed by atoms with van der Waals surface area (Å²) in [4.78, 5) is 45.2. The van der Waals surface area contributed by atoms with Crippen molar-refractivity contribution in [2.24, 2.45) is 0 Å². The molecule has 1 aliphatic heterocycles. The van der Waals surface area contributed by atoms with Gasteiger partial charge in [-0.1, -0.05) is 23.8 Å². The Morgan fingerprint density at radius 1 is 1.16 bits per heavy atom. The molecule has 0 bridgehead atoms. The van der Waals surface area contributed by atoms with Crippen LogP contribution in [0.2, 0.25) is 0 Å². The molecule has 1 saturated heterocycles. The lowest BCUT2D eigenvalue weighted by molar-refractivity contribution is -0.119. The number of carbonyl (C=O) groups is 2. The minimum absolute atomic E-state index is 0.217. The molecule has 7 heteroatoms. The molecule has 1 fully saturated rings. The Labute approximate surface area is 145 Å². The van der Waals surface area contributed by atoms with Crippen molar-refractivity contribution >= 4 is 12.3 Å². The van der Waals surface area contributed by atoms with Gasteiger partial charge in [0.2, 0.25) is 6.41 Å². The summed E-state index contributed by atoms with van der Waals surface area (Å²) in [5.41, 5.74) is 3.10. The number of aryl methyl sites for hydroxylation is 2. The van der Waals surface area contributed by atoms with Gasteiger partial charge in [-0.2, -0.15) is 4.98 Å². The van der Waals surface area contributed by atoms with Crippen LogP contribution in [0.3, 0.4) is 0 Å². The molecule has 3 rings (SSSR count). The maximum Gasteiger partial charge on any atom is 0.346 e. The van der Waals surface area contributed by atoms with Gasteiger partial charge in [0.05, 0.1) is 5.69 Å². The molecule has 0 unspecified atom stereocenters. The topological polar surface area (TPSA) is 86.4 Å². The van der Waals surface area contributed by atoms with Gasteiger partial charge >= 0.3 is 5.69 Å². The number of H-pyrrole nitrogens is 1. The number of nitrogens with zero attached hydrogens (tertiary/aromatic N) is 3. The van der Waals surface area contributed by atoms with E-state index in [4.69, 9.17) is 0 Å². The SMILES string of the molecule is Cc1ccc(-c2cc(C(=O)N3CCN(C=O)CC3)[nH]c(=O)n2)c(C)c1. The van der Waals surface area contributed by atoms with Crippen molar-refractivity contribution in [2.75, 3.05) is 26.2 Å². The van der Waals surface area contributed by atoms with Gasteiger partial charge < -0.3 is 14.8 Å². The van der Waals surface area contributed by atoms with Crippen LogP contribution < -0.4 is 5.69 Å². The van der Waals surface area contributed by atoms with E-state index < -0.39 is 5.69 Å². The zero-order chi connectivity index (χ0) is 18.0. The highest BCUT2D eigenvalue weighted by Crippen LogP contribution is 2.22. The highest BCUT2D eigenvalue weighted by Gasteiger charge is 2.22. The Balaban J connectivity index is 1.90. The molecule has 0 radical (unpaired) electrons. The summed E-state index contributed by atoms with van der Waals surface area (Å²) in [6.07, 6.45) is 0.786. The predicted octanol–water partition coefficient (Wildman–Crippen LogP) is 0.968. The number of aromatic amines is 1. The van der Waals surface area contributed by atoms with Crippen molar-refractivity contribution < 1.29 is 9.59 Å². The molecule has 1 N–H and O–H groups in total. The second kappa shape index (κ2) is 6.88. The van der Waals surface area contributed by atoms with E-state index in [9.17, 15) is 14.4 Å². The first-order valence-electron chi connectivity index (χ1n) is 8.15. The molecular weight excluding hydrogens is 320 g/mol. The van der Waals surface area contributed by atoms with E-state index in [1.165, 1.54) is 0 Å². The van der Waals surface area contributed by atoms with Gasteiger partial charge in [0.15, 0.2) is 0 Å². The van der Waals surface area contributed by atoms with Crippen molar-refractivity contribution in [3.8, 4) is 11.3 Å². The van der Waals surface area contributed by atoms with Gasteiger partial charge in [0.1, 0.15) is 5.69 Å². The van der Waals surface area contributed by atoms with E-state index in [-0.39, 0.29) is 11.6 Å². The number of carbonyl (C=O) groups excluding carboxylic acids is 2. The molecule has 1 aliphatic rings. The molecule has 0 aliphatic carbocycles. The molecule has 2 amide bonds. The van der Waals surface area contributed by atoms with Crippen LogP contribution in [0.15, 0.2) is 29.1 Å². The van der Waals surface area contributed by atoms with E-state index in [2.05, 4.69) is 9.97 Å². The molecule has 25 heavy (non-hydrogen) atoms. The summed E-state index contributed by atoms with van der Waals surface area (Å²) in [5.74, 6) is -0.254. The maximum atomic E-state index is 12.7. The third-order valence-electron chi connectivity index (χ3n) is 4.38. The fourth-order valence-electron chi connectivity index (χ4n) is 3.01. The standard InChI is InChI=1S/C18H20N4O3/c1-12-3-4-14(13(2)9-12)15-10-16(20-18(25)19-15)17(24)22-7-5-21(11-23)6-8-22/h3-4,9-11H,5-8H2,1-2H3,(H,19,20,25). The number of nitrogens with one attached hydrogen (secondary N) is 1. The zero-order valence-electron chi connectivity index (χ0n) is 14.3. The van der Waals surface area contributed by atoms with E-state index in [0.717, 1.165) is 23.1 Å². The average Bonchev–Trinajstić information content (AvgIpc) is 2.60. The van der Waals surface area contributed by atoms with Crippen LogP contribution in [0, 0.1) is 13.8 Å². The molecular formula is C18H20N4O3. The highest BCUT2D eigenvalue weighted by atomic mass is 16.2. The quantitative estimate of drug-likeness (QED) is 0.844. The molecule has 2 heterocycles. The predicted molar refractivity (Wildman–Crippen MR) is 93.3 cm³/mol. The molecule has 1 aromatic carbocycles. The summed E-state index contributed by atoms with van der Waals surface area (Å²) in [5, 5.41) is 0. The van der Waals surface area contributed by atoms with Gasteiger partial charge in [0.25, 0.3) is 5.91 Å². The van der Waals surface area contributed by atoms with Crippen molar-refractivity contribution in [1.82, 2.24) is 19.8 Å². The normalized spacial score (nSPS) is 14.5. The second-order valence-corrected chi connectivity index (χ2v) is 6.24. The van der Waals surface area contributed by atoms with Gasteiger partial charge in [-0.3, -0.25) is 9.59 Å². The van der Waals surface area contributed by atoms with E-state index >= 15 is 0 Å². The van der Waals surface area contributed by atoms with Gasteiger partial charge in [-0.15, -0.1) is 0 Å². The van der Waals surface area contributed by atoms with Gasteiger partial charge in [-0.25, -0.2) is 4.79 Å². The van der Waals surface area contributed by atoms with E-state index in [0.29, 0.717) is 31.9 Å². The maximum absolute atomic E-state index is 12.7. The molecule has 7 nitrogen and oxygen atoms in total. The first kappa shape index (κ1) is 16.9. The Bertz CT molecular complexity index is 867. The van der Waals surface area contributed by atoms with Crippen molar-refractivity contribution in [1.29, 1.82) is 0 Å². The molecule has 0 saturated carbocycles.